The highest BCUT2D eigenvalue weighted by Gasteiger charge is 2.12. The Bertz CT molecular complexity index is 429. The van der Waals surface area contributed by atoms with Gasteiger partial charge in [0.25, 0.3) is 0 Å². The van der Waals surface area contributed by atoms with Gasteiger partial charge in [0, 0.05) is 6.54 Å². The summed E-state index contributed by atoms with van der Waals surface area (Å²) in [4.78, 5) is 22.9. The molecule has 0 saturated heterocycles. The molecule has 0 radical (unpaired) electrons. The molecule has 19 heavy (non-hydrogen) atoms. The highest BCUT2D eigenvalue weighted by molar-refractivity contribution is 5.83. The molecule has 6 heteroatoms. The quantitative estimate of drug-likeness (QED) is 0.730. The number of urea groups is 1. The van der Waals surface area contributed by atoms with E-state index in [0.717, 1.165) is 12.2 Å². The van der Waals surface area contributed by atoms with Crippen LogP contribution in [0.5, 0.6) is 0 Å². The maximum Gasteiger partial charge on any atom is 0.315 e. The number of carbonyl (C=O) groups is 2. The molecule has 0 fully saturated rings. The van der Waals surface area contributed by atoms with Crippen LogP contribution in [0.3, 0.4) is 0 Å². The molecule has 0 aromatic carbocycles. The number of hydrogen-bond donors (Lipinski definition) is 3. The van der Waals surface area contributed by atoms with Crippen molar-refractivity contribution in [1.82, 2.24) is 16.0 Å². The molecule has 1 aromatic heterocycles. The normalized spacial score (nSPS) is 11.7. The first-order chi connectivity index (χ1) is 9.02. The van der Waals surface area contributed by atoms with Gasteiger partial charge in [0.2, 0.25) is 5.91 Å². The molecule has 3 amide bonds. The minimum absolute atomic E-state index is 0.0320. The van der Waals surface area contributed by atoms with Crippen molar-refractivity contribution in [2.24, 2.45) is 0 Å². The first kappa shape index (κ1) is 15.1. The third kappa shape index (κ3) is 5.46. The third-order valence-electron chi connectivity index (χ3n) is 2.52. The molecule has 1 atom stereocenters. The van der Waals surface area contributed by atoms with Crippen LogP contribution >= 0.6 is 0 Å². The number of hydrogen-bond acceptors (Lipinski definition) is 3. The first-order valence-electron chi connectivity index (χ1n) is 6.40. The van der Waals surface area contributed by atoms with Crippen molar-refractivity contribution in [3.05, 3.63) is 23.7 Å². The number of carbonyl (C=O) groups excluding carboxylic acids is 2. The fourth-order valence-electron chi connectivity index (χ4n) is 1.49. The lowest BCUT2D eigenvalue weighted by atomic mass is 10.2. The minimum atomic E-state index is -0.395. The predicted molar refractivity (Wildman–Crippen MR) is 71.7 cm³/mol. The van der Waals surface area contributed by atoms with Crippen molar-refractivity contribution in [3.8, 4) is 0 Å². The van der Waals surface area contributed by atoms with E-state index in [2.05, 4.69) is 16.0 Å². The number of rotatable bonds is 6. The van der Waals surface area contributed by atoms with E-state index in [9.17, 15) is 9.59 Å². The minimum Gasteiger partial charge on any atom is -0.464 e. The zero-order valence-electron chi connectivity index (χ0n) is 11.6. The Morgan fingerprint density at radius 1 is 1.32 bits per heavy atom. The summed E-state index contributed by atoms with van der Waals surface area (Å²) in [7, 11) is 0. The lowest BCUT2D eigenvalue weighted by Gasteiger charge is -2.12. The summed E-state index contributed by atoms with van der Waals surface area (Å²) in [6.07, 6.45) is 0.868. The molecular formula is C13H21N3O3. The van der Waals surface area contributed by atoms with Crippen LogP contribution in [-0.2, 0) is 4.79 Å². The highest BCUT2D eigenvalue weighted by atomic mass is 16.3. The highest BCUT2D eigenvalue weighted by Crippen LogP contribution is 2.14. The maximum atomic E-state index is 11.6. The molecule has 0 aliphatic heterocycles. The topological polar surface area (TPSA) is 83.4 Å². The first-order valence-corrected chi connectivity index (χ1v) is 6.40. The predicted octanol–water partition coefficient (Wildman–Crippen LogP) is 1.47. The van der Waals surface area contributed by atoms with E-state index in [1.54, 1.807) is 0 Å². The molecule has 1 aromatic rings. The largest absolute Gasteiger partial charge is 0.464 e. The summed E-state index contributed by atoms with van der Waals surface area (Å²) >= 11 is 0. The van der Waals surface area contributed by atoms with Crippen LogP contribution in [0.25, 0.3) is 0 Å². The van der Waals surface area contributed by atoms with Gasteiger partial charge in [-0.15, -0.1) is 0 Å². The molecule has 0 spiro atoms. The Balaban J connectivity index is 2.29. The smallest absolute Gasteiger partial charge is 0.315 e. The monoisotopic (exact) mass is 267 g/mol. The molecule has 3 N–H and O–H groups in total. The van der Waals surface area contributed by atoms with Crippen molar-refractivity contribution in [1.29, 1.82) is 0 Å². The molecule has 0 bridgehead atoms. The average molecular weight is 267 g/mol. The SMILES string of the molecule is CCCNC(=O)CNC(=O)NC(C)c1ccc(C)o1. The van der Waals surface area contributed by atoms with Crippen molar-refractivity contribution < 1.29 is 14.0 Å². The number of aryl methyl sites for hydroxylation is 1. The number of nitrogens with one attached hydrogen (secondary N) is 3. The second kappa shape index (κ2) is 7.45. The van der Waals surface area contributed by atoms with Gasteiger partial charge in [0.1, 0.15) is 11.5 Å². The summed E-state index contributed by atoms with van der Waals surface area (Å²) in [5.41, 5.74) is 0. The molecule has 0 saturated carbocycles. The summed E-state index contributed by atoms with van der Waals surface area (Å²) in [6, 6.07) is 3.01. The van der Waals surface area contributed by atoms with Gasteiger partial charge < -0.3 is 20.4 Å². The molecular weight excluding hydrogens is 246 g/mol. The standard InChI is InChI=1S/C13H21N3O3/c1-4-7-14-12(17)8-15-13(18)16-10(3)11-6-5-9(2)19-11/h5-6,10H,4,7-8H2,1-3H3,(H,14,17)(H2,15,16,18). The van der Waals surface area contributed by atoms with Gasteiger partial charge in [-0.25, -0.2) is 4.79 Å². The Labute approximate surface area is 112 Å². The zero-order valence-corrected chi connectivity index (χ0v) is 11.6. The zero-order chi connectivity index (χ0) is 14.3. The summed E-state index contributed by atoms with van der Waals surface area (Å²) in [5, 5.41) is 7.87. The number of amides is 3. The van der Waals surface area contributed by atoms with Crippen molar-refractivity contribution in [2.45, 2.75) is 33.2 Å². The van der Waals surface area contributed by atoms with Gasteiger partial charge in [-0.05, 0) is 32.4 Å². The van der Waals surface area contributed by atoms with Crippen LogP contribution in [0.15, 0.2) is 16.5 Å². The van der Waals surface area contributed by atoms with Crippen molar-refractivity contribution in [2.75, 3.05) is 13.1 Å². The van der Waals surface area contributed by atoms with E-state index in [4.69, 9.17) is 4.42 Å². The molecule has 0 aliphatic rings. The summed E-state index contributed by atoms with van der Waals surface area (Å²) < 4.78 is 5.40. The van der Waals surface area contributed by atoms with Gasteiger partial charge >= 0.3 is 6.03 Å². The Kier molecular flexibility index (Phi) is 5.92. The van der Waals surface area contributed by atoms with E-state index < -0.39 is 6.03 Å². The average Bonchev–Trinajstić information content (AvgIpc) is 2.80. The van der Waals surface area contributed by atoms with Crippen LogP contribution in [0, 0.1) is 6.92 Å². The van der Waals surface area contributed by atoms with Crippen LogP contribution < -0.4 is 16.0 Å². The van der Waals surface area contributed by atoms with Crippen molar-refractivity contribution in [3.63, 3.8) is 0 Å². The van der Waals surface area contributed by atoms with E-state index in [0.29, 0.717) is 12.3 Å². The molecule has 0 aliphatic carbocycles. The maximum absolute atomic E-state index is 11.6. The van der Waals surface area contributed by atoms with E-state index >= 15 is 0 Å². The Morgan fingerprint density at radius 2 is 2.05 bits per heavy atom. The van der Waals surface area contributed by atoms with Gasteiger partial charge in [0.05, 0.1) is 12.6 Å². The second-order valence-corrected chi connectivity index (χ2v) is 4.35. The van der Waals surface area contributed by atoms with E-state index in [1.807, 2.05) is 32.9 Å². The summed E-state index contributed by atoms with van der Waals surface area (Å²) in [5.74, 6) is 1.28. The fourth-order valence-corrected chi connectivity index (χ4v) is 1.49. The Morgan fingerprint density at radius 3 is 2.63 bits per heavy atom. The van der Waals surface area contributed by atoms with E-state index in [1.165, 1.54) is 0 Å². The van der Waals surface area contributed by atoms with Gasteiger partial charge in [-0.3, -0.25) is 4.79 Å². The third-order valence-corrected chi connectivity index (χ3v) is 2.52. The molecule has 1 rings (SSSR count). The molecule has 106 valence electrons. The van der Waals surface area contributed by atoms with Crippen LogP contribution in [0.1, 0.15) is 37.8 Å². The number of furan rings is 1. The van der Waals surface area contributed by atoms with Gasteiger partial charge in [-0.1, -0.05) is 6.92 Å². The van der Waals surface area contributed by atoms with Crippen LogP contribution in [-0.4, -0.2) is 25.0 Å². The van der Waals surface area contributed by atoms with Crippen LogP contribution in [0.2, 0.25) is 0 Å². The molecule has 1 heterocycles. The van der Waals surface area contributed by atoms with Crippen LogP contribution in [0.4, 0.5) is 4.79 Å². The molecule has 6 nitrogen and oxygen atoms in total. The van der Waals surface area contributed by atoms with Gasteiger partial charge in [-0.2, -0.15) is 0 Å². The van der Waals surface area contributed by atoms with E-state index in [-0.39, 0.29) is 18.5 Å². The second-order valence-electron chi connectivity index (χ2n) is 4.35. The lowest BCUT2D eigenvalue weighted by molar-refractivity contribution is -0.120. The van der Waals surface area contributed by atoms with Gasteiger partial charge in [0.15, 0.2) is 0 Å². The molecule has 1 unspecified atom stereocenters. The summed E-state index contributed by atoms with van der Waals surface area (Å²) in [6.45, 7) is 6.21. The lowest BCUT2D eigenvalue weighted by Crippen LogP contribution is -2.42. The fraction of sp³-hybridized carbons (Fsp3) is 0.538. The van der Waals surface area contributed by atoms with Crippen molar-refractivity contribution >= 4 is 11.9 Å². The Hall–Kier alpha value is -1.98.